The minimum atomic E-state index is -2.62. The number of likely N-dealkylation sites (tertiary alicyclic amines) is 1. The van der Waals surface area contributed by atoms with Crippen molar-refractivity contribution in [2.45, 2.75) is 32.3 Å². The van der Waals surface area contributed by atoms with Crippen LogP contribution in [-0.4, -0.2) is 52.3 Å². The van der Waals surface area contributed by atoms with Gasteiger partial charge < -0.3 is 15.0 Å². The van der Waals surface area contributed by atoms with Gasteiger partial charge in [-0.05, 0) is 19.1 Å². The molecule has 0 spiro atoms. The molecular formula is C23H23ClF4N4O2. The van der Waals surface area contributed by atoms with Gasteiger partial charge in [-0.25, -0.2) is 22.5 Å². The fourth-order valence-corrected chi connectivity index (χ4v) is 4.11. The number of nitrogens with one attached hydrogen (secondary N) is 1. The minimum absolute atomic E-state index is 0.159. The van der Waals surface area contributed by atoms with Crippen LogP contribution in [0.15, 0.2) is 30.5 Å². The predicted octanol–water partition coefficient (Wildman–Crippen LogP) is 4.61. The van der Waals surface area contributed by atoms with Crippen LogP contribution in [0.5, 0.6) is 5.75 Å². The lowest BCUT2D eigenvalue weighted by atomic mass is 10.1. The van der Waals surface area contributed by atoms with E-state index in [4.69, 9.17) is 16.3 Å². The molecule has 0 radical (unpaired) electrons. The third-order valence-electron chi connectivity index (χ3n) is 5.78. The van der Waals surface area contributed by atoms with E-state index in [1.54, 1.807) is 6.92 Å². The molecule has 3 aromatic rings. The predicted molar refractivity (Wildman–Crippen MR) is 119 cm³/mol. The van der Waals surface area contributed by atoms with Gasteiger partial charge in [-0.3, -0.25) is 9.20 Å². The number of hydrogen-bond acceptors (Lipinski definition) is 4. The number of alkyl halides is 2. The molecule has 0 atom stereocenters. The number of imidazole rings is 1. The highest BCUT2D eigenvalue weighted by Gasteiger charge is 2.33. The fourth-order valence-electron chi connectivity index (χ4n) is 3.91. The number of ether oxygens (including phenoxy) is 1. The molecule has 3 heterocycles. The molecule has 1 saturated heterocycles. The van der Waals surface area contributed by atoms with Crippen LogP contribution in [0.3, 0.4) is 0 Å². The van der Waals surface area contributed by atoms with Crippen molar-refractivity contribution in [3.8, 4) is 5.75 Å². The Hall–Kier alpha value is -2.85. The Bertz CT molecular complexity index is 1190. The number of halogens is 5. The van der Waals surface area contributed by atoms with Gasteiger partial charge >= 0.3 is 0 Å². The summed E-state index contributed by atoms with van der Waals surface area (Å²) in [7, 11) is 0. The van der Waals surface area contributed by atoms with Gasteiger partial charge in [0, 0.05) is 51.3 Å². The van der Waals surface area contributed by atoms with Gasteiger partial charge in [0.2, 0.25) is 0 Å². The monoisotopic (exact) mass is 498 g/mol. The normalized spacial score (nSPS) is 16.1. The second-order valence-corrected chi connectivity index (χ2v) is 8.64. The number of aromatic nitrogens is 2. The molecule has 1 fully saturated rings. The van der Waals surface area contributed by atoms with Crippen LogP contribution in [0, 0.1) is 18.6 Å². The van der Waals surface area contributed by atoms with Crippen molar-refractivity contribution < 1.29 is 27.1 Å². The van der Waals surface area contributed by atoms with E-state index < -0.39 is 30.1 Å². The Kier molecular flexibility index (Phi) is 6.99. The molecule has 0 bridgehead atoms. The summed E-state index contributed by atoms with van der Waals surface area (Å²) in [5.74, 6) is -4.36. The topological polar surface area (TPSA) is 58.9 Å². The molecule has 1 amide bonds. The number of amides is 1. The number of nitrogens with zero attached hydrogens (tertiary/aromatic N) is 3. The van der Waals surface area contributed by atoms with Crippen molar-refractivity contribution in [1.82, 2.24) is 19.6 Å². The van der Waals surface area contributed by atoms with Gasteiger partial charge in [0.25, 0.3) is 11.8 Å². The summed E-state index contributed by atoms with van der Waals surface area (Å²) in [5.41, 5.74) is 0.656. The molecular weight excluding hydrogens is 476 g/mol. The van der Waals surface area contributed by atoms with Gasteiger partial charge in [-0.2, -0.15) is 0 Å². The molecule has 1 N–H and O–H groups in total. The first-order chi connectivity index (χ1) is 16.1. The standard InChI is InChI=1S/C23H23ClF4N4O2/c1-14-20(22(33)29-7-10-31-8-5-23(27,28)6-9-31)32-12-15(24)11-19(21(32)30-14)34-13-16-17(25)3-2-4-18(16)26/h2-4,11-12H,5-10,13H2,1H3,(H,29,33). The molecule has 1 aliphatic rings. The van der Waals surface area contributed by atoms with Crippen LogP contribution < -0.4 is 10.1 Å². The van der Waals surface area contributed by atoms with E-state index in [-0.39, 0.29) is 60.2 Å². The lowest BCUT2D eigenvalue weighted by molar-refractivity contribution is -0.0547. The molecule has 0 saturated carbocycles. The number of pyridine rings is 1. The highest BCUT2D eigenvalue weighted by Crippen LogP contribution is 2.29. The first-order valence-corrected chi connectivity index (χ1v) is 11.1. The van der Waals surface area contributed by atoms with Crippen LogP contribution in [0.25, 0.3) is 5.65 Å². The first kappa shape index (κ1) is 24.3. The molecule has 4 rings (SSSR count). The first-order valence-electron chi connectivity index (χ1n) is 10.8. The zero-order valence-corrected chi connectivity index (χ0v) is 19.1. The molecule has 6 nitrogen and oxygen atoms in total. The molecule has 11 heteroatoms. The zero-order valence-electron chi connectivity index (χ0n) is 18.4. The largest absolute Gasteiger partial charge is 0.485 e. The molecule has 2 aromatic heterocycles. The van der Waals surface area contributed by atoms with E-state index in [0.29, 0.717) is 12.2 Å². The highest BCUT2D eigenvalue weighted by atomic mass is 35.5. The summed E-state index contributed by atoms with van der Waals surface area (Å²) < 4.78 is 61.6. The van der Waals surface area contributed by atoms with Crippen molar-refractivity contribution >= 4 is 23.2 Å². The number of aryl methyl sites for hydroxylation is 1. The molecule has 0 unspecified atom stereocenters. The Morgan fingerprint density at radius 2 is 1.91 bits per heavy atom. The quantitative estimate of drug-likeness (QED) is 0.483. The minimum Gasteiger partial charge on any atom is -0.485 e. The molecule has 34 heavy (non-hydrogen) atoms. The van der Waals surface area contributed by atoms with Crippen LogP contribution >= 0.6 is 11.6 Å². The van der Waals surface area contributed by atoms with E-state index in [0.717, 1.165) is 12.1 Å². The highest BCUT2D eigenvalue weighted by molar-refractivity contribution is 6.30. The van der Waals surface area contributed by atoms with Gasteiger partial charge in [-0.1, -0.05) is 17.7 Å². The van der Waals surface area contributed by atoms with Gasteiger partial charge in [0.05, 0.1) is 16.3 Å². The summed E-state index contributed by atoms with van der Waals surface area (Å²) in [6.07, 6.45) is 1.12. The Morgan fingerprint density at radius 3 is 2.59 bits per heavy atom. The van der Waals surface area contributed by atoms with E-state index in [2.05, 4.69) is 10.3 Å². The Morgan fingerprint density at radius 1 is 1.24 bits per heavy atom. The molecule has 0 aliphatic carbocycles. The smallest absolute Gasteiger partial charge is 0.270 e. The maximum absolute atomic E-state index is 14.0. The third-order valence-corrected chi connectivity index (χ3v) is 5.98. The number of rotatable bonds is 7. The number of benzene rings is 1. The van der Waals surface area contributed by atoms with E-state index in [1.807, 2.05) is 4.90 Å². The Balaban J connectivity index is 1.48. The van der Waals surface area contributed by atoms with Gasteiger partial charge in [0.15, 0.2) is 11.4 Å². The third kappa shape index (κ3) is 5.28. The van der Waals surface area contributed by atoms with E-state index in [9.17, 15) is 22.4 Å². The molecule has 1 aliphatic heterocycles. The van der Waals surface area contributed by atoms with Crippen LogP contribution in [0.2, 0.25) is 5.02 Å². The Labute approximate surface area is 198 Å². The average molecular weight is 499 g/mol. The van der Waals surface area contributed by atoms with Crippen LogP contribution in [-0.2, 0) is 6.61 Å². The lowest BCUT2D eigenvalue weighted by Crippen LogP contribution is -2.43. The van der Waals surface area contributed by atoms with Gasteiger partial charge in [-0.15, -0.1) is 0 Å². The number of hydrogen-bond donors (Lipinski definition) is 1. The van der Waals surface area contributed by atoms with Crippen molar-refractivity contribution in [3.05, 3.63) is 64.1 Å². The summed E-state index contributed by atoms with van der Waals surface area (Å²) >= 11 is 6.21. The molecule has 1 aromatic carbocycles. The van der Waals surface area contributed by atoms with Crippen LogP contribution in [0.4, 0.5) is 17.6 Å². The summed E-state index contributed by atoms with van der Waals surface area (Å²) in [5, 5.41) is 3.02. The zero-order chi connectivity index (χ0) is 24.5. The van der Waals surface area contributed by atoms with Crippen LogP contribution in [0.1, 0.15) is 34.6 Å². The van der Waals surface area contributed by atoms with E-state index >= 15 is 0 Å². The number of carbonyl (C=O) groups excluding carboxylic acids is 1. The van der Waals surface area contributed by atoms with Crippen molar-refractivity contribution in [3.63, 3.8) is 0 Å². The maximum Gasteiger partial charge on any atom is 0.270 e. The van der Waals surface area contributed by atoms with Crippen molar-refractivity contribution in [2.24, 2.45) is 0 Å². The summed E-state index contributed by atoms with van der Waals surface area (Å²) in [6, 6.07) is 4.98. The van der Waals surface area contributed by atoms with Crippen molar-refractivity contribution in [1.29, 1.82) is 0 Å². The SMILES string of the molecule is Cc1nc2c(OCc3c(F)cccc3F)cc(Cl)cn2c1C(=O)NCCN1CCC(F)(F)CC1. The number of carbonyl (C=O) groups is 1. The number of fused-ring (bicyclic) bond motifs is 1. The van der Waals surface area contributed by atoms with Crippen molar-refractivity contribution in [2.75, 3.05) is 26.2 Å². The summed E-state index contributed by atoms with van der Waals surface area (Å²) in [6.45, 7) is 2.51. The second-order valence-electron chi connectivity index (χ2n) is 8.20. The fraction of sp³-hybridized carbons (Fsp3) is 0.391. The maximum atomic E-state index is 14.0. The molecule has 182 valence electrons. The van der Waals surface area contributed by atoms with Gasteiger partial charge in [0.1, 0.15) is 23.9 Å². The van der Waals surface area contributed by atoms with E-state index in [1.165, 1.54) is 22.7 Å². The number of piperidine rings is 1. The second kappa shape index (κ2) is 9.79. The average Bonchev–Trinajstić information content (AvgIpc) is 3.10. The summed E-state index contributed by atoms with van der Waals surface area (Å²) in [4.78, 5) is 19.1. The lowest BCUT2D eigenvalue weighted by Gasteiger charge is -2.31.